The van der Waals surface area contributed by atoms with Crippen molar-refractivity contribution in [3.63, 3.8) is 0 Å². The van der Waals surface area contributed by atoms with E-state index >= 15 is 0 Å². The molecule has 3 nitrogen and oxygen atoms in total. The molecule has 0 spiro atoms. The molecule has 5 heteroatoms. The summed E-state index contributed by atoms with van der Waals surface area (Å²) in [7, 11) is 0. The number of nitrogens with one attached hydrogen (secondary N) is 1. The number of aryl methyl sites for hydroxylation is 1. The van der Waals surface area contributed by atoms with E-state index in [1.54, 1.807) is 6.07 Å². The van der Waals surface area contributed by atoms with Crippen LogP contribution in [0.25, 0.3) is 0 Å². The van der Waals surface area contributed by atoms with Gasteiger partial charge in [0.05, 0.1) is 10.6 Å². The normalized spacial score (nSPS) is 10.3. The summed E-state index contributed by atoms with van der Waals surface area (Å²) in [6.07, 6.45) is 0. The Balaban J connectivity index is 2.25. The van der Waals surface area contributed by atoms with Crippen molar-refractivity contribution in [1.29, 1.82) is 0 Å². The molecule has 0 saturated carbocycles. The van der Waals surface area contributed by atoms with Crippen molar-refractivity contribution in [2.24, 2.45) is 0 Å². The van der Waals surface area contributed by atoms with Gasteiger partial charge in [-0.25, -0.2) is 0 Å². The minimum Gasteiger partial charge on any atom is -0.508 e. The van der Waals surface area contributed by atoms with E-state index in [9.17, 15) is 9.90 Å². The van der Waals surface area contributed by atoms with Gasteiger partial charge in [0, 0.05) is 10.2 Å². The van der Waals surface area contributed by atoms with Gasteiger partial charge in [-0.15, -0.1) is 0 Å². The van der Waals surface area contributed by atoms with Crippen LogP contribution in [0.2, 0.25) is 5.02 Å². The quantitative estimate of drug-likeness (QED) is 0.853. The van der Waals surface area contributed by atoms with E-state index in [2.05, 4.69) is 21.2 Å². The zero-order chi connectivity index (χ0) is 14.0. The molecule has 0 saturated heterocycles. The minimum absolute atomic E-state index is 0.000336. The number of carbonyl (C=O) groups excluding carboxylic acids is 1. The first-order valence-corrected chi connectivity index (χ1v) is 6.70. The Bertz CT molecular complexity index is 643. The monoisotopic (exact) mass is 339 g/mol. The van der Waals surface area contributed by atoms with E-state index in [0.717, 1.165) is 10.0 Å². The number of halogens is 2. The molecule has 19 heavy (non-hydrogen) atoms. The van der Waals surface area contributed by atoms with Crippen LogP contribution < -0.4 is 5.32 Å². The first kappa shape index (κ1) is 13.9. The third kappa shape index (κ3) is 3.28. The maximum atomic E-state index is 12.1. The van der Waals surface area contributed by atoms with Gasteiger partial charge in [0.1, 0.15) is 5.75 Å². The fourth-order valence-corrected chi connectivity index (χ4v) is 2.14. The van der Waals surface area contributed by atoms with Crippen LogP contribution in [-0.2, 0) is 0 Å². The number of phenols is 1. The van der Waals surface area contributed by atoms with Crippen molar-refractivity contribution < 1.29 is 9.90 Å². The zero-order valence-electron chi connectivity index (χ0n) is 10.1. The molecule has 0 atom stereocenters. The van der Waals surface area contributed by atoms with E-state index in [1.807, 2.05) is 19.1 Å². The van der Waals surface area contributed by atoms with Crippen molar-refractivity contribution in [1.82, 2.24) is 0 Å². The van der Waals surface area contributed by atoms with Crippen LogP contribution in [-0.4, -0.2) is 11.0 Å². The van der Waals surface area contributed by atoms with Gasteiger partial charge >= 0.3 is 0 Å². The van der Waals surface area contributed by atoms with E-state index < -0.39 is 0 Å². The molecule has 2 aromatic rings. The summed E-state index contributed by atoms with van der Waals surface area (Å²) in [4.78, 5) is 12.1. The molecule has 0 unspecified atom stereocenters. The molecule has 0 bridgehead atoms. The molecule has 0 aliphatic rings. The number of carbonyl (C=O) groups is 1. The fraction of sp³-hybridized carbons (Fsp3) is 0.0714. The average Bonchev–Trinajstić information content (AvgIpc) is 2.36. The average molecular weight is 341 g/mol. The van der Waals surface area contributed by atoms with Gasteiger partial charge in [-0.1, -0.05) is 33.6 Å². The first-order valence-electron chi connectivity index (χ1n) is 5.53. The number of aromatic hydroxyl groups is 1. The van der Waals surface area contributed by atoms with Gasteiger partial charge < -0.3 is 10.4 Å². The van der Waals surface area contributed by atoms with Gasteiger partial charge in [-0.05, 0) is 42.8 Å². The lowest BCUT2D eigenvalue weighted by Crippen LogP contribution is -2.12. The van der Waals surface area contributed by atoms with Crippen LogP contribution in [0.1, 0.15) is 15.9 Å². The molecule has 0 aliphatic carbocycles. The van der Waals surface area contributed by atoms with Crippen LogP contribution in [0.3, 0.4) is 0 Å². The molecule has 2 N–H and O–H groups in total. The number of rotatable bonds is 2. The summed E-state index contributed by atoms with van der Waals surface area (Å²) in [6, 6.07) is 9.75. The first-order chi connectivity index (χ1) is 8.97. The summed E-state index contributed by atoms with van der Waals surface area (Å²) >= 11 is 9.33. The highest BCUT2D eigenvalue weighted by Gasteiger charge is 2.11. The van der Waals surface area contributed by atoms with Gasteiger partial charge in [-0.2, -0.15) is 0 Å². The largest absolute Gasteiger partial charge is 0.508 e. The van der Waals surface area contributed by atoms with Crippen LogP contribution >= 0.6 is 27.5 Å². The zero-order valence-corrected chi connectivity index (χ0v) is 12.4. The highest BCUT2D eigenvalue weighted by atomic mass is 79.9. The van der Waals surface area contributed by atoms with Crippen LogP contribution in [0.15, 0.2) is 40.9 Å². The summed E-state index contributed by atoms with van der Waals surface area (Å²) in [5.41, 5.74) is 1.97. The van der Waals surface area contributed by atoms with E-state index in [1.165, 1.54) is 18.2 Å². The van der Waals surface area contributed by atoms with Crippen molar-refractivity contribution in [2.45, 2.75) is 6.92 Å². The summed E-state index contributed by atoms with van der Waals surface area (Å²) in [5.74, 6) is -0.365. The Morgan fingerprint density at radius 3 is 2.68 bits per heavy atom. The molecule has 2 aromatic carbocycles. The second kappa shape index (κ2) is 5.63. The third-order valence-corrected chi connectivity index (χ3v) is 3.81. The lowest BCUT2D eigenvalue weighted by Gasteiger charge is -2.08. The second-order valence-corrected chi connectivity index (χ2v) is 5.34. The number of anilines is 1. The molecule has 0 aliphatic heterocycles. The summed E-state index contributed by atoms with van der Waals surface area (Å²) < 4.78 is 0.910. The fourth-order valence-electron chi connectivity index (χ4n) is 1.56. The van der Waals surface area contributed by atoms with Gasteiger partial charge in [0.25, 0.3) is 5.91 Å². The summed E-state index contributed by atoms with van der Waals surface area (Å²) in [6.45, 7) is 1.96. The lowest BCUT2D eigenvalue weighted by atomic mass is 10.2. The number of benzene rings is 2. The molecule has 0 heterocycles. The molecule has 0 fully saturated rings. The SMILES string of the molecule is Cc1ccc(NC(=O)c2cc(O)ccc2Cl)cc1Br. The van der Waals surface area contributed by atoms with E-state index in [0.29, 0.717) is 10.7 Å². The van der Waals surface area contributed by atoms with Gasteiger partial charge in [0.2, 0.25) is 0 Å². The van der Waals surface area contributed by atoms with Crippen LogP contribution in [0.4, 0.5) is 5.69 Å². The smallest absolute Gasteiger partial charge is 0.257 e. The predicted octanol–water partition coefficient (Wildman–Crippen LogP) is 4.37. The van der Waals surface area contributed by atoms with Gasteiger partial charge in [0.15, 0.2) is 0 Å². The molecule has 1 amide bonds. The Kier molecular flexibility index (Phi) is 4.12. The number of hydrogen-bond acceptors (Lipinski definition) is 2. The Morgan fingerprint density at radius 2 is 2.00 bits per heavy atom. The Hall–Kier alpha value is -1.52. The Labute approximate surface area is 124 Å². The van der Waals surface area contributed by atoms with Crippen molar-refractivity contribution >= 4 is 39.1 Å². The maximum Gasteiger partial charge on any atom is 0.257 e. The van der Waals surface area contributed by atoms with Gasteiger partial charge in [-0.3, -0.25) is 4.79 Å². The van der Waals surface area contributed by atoms with Crippen molar-refractivity contribution in [3.8, 4) is 5.75 Å². The lowest BCUT2D eigenvalue weighted by molar-refractivity contribution is 0.102. The molecule has 2 rings (SSSR count). The minimum atomic E-state index is -0.364. The number of phenolic OH excluding ortho intramolecular Hbond substituents is 1. The molecule has 0 radical (unpaired) electrons. The van der Waals surface area contributed by atoms with Crippen LogP contribution in [0, 0.1) is 6.92 Å². The topological polar surface area (TPSA) is 49.3 Å². The van der Waals surface area contributed by atoms with E-state index in [4.69, 9.17) is 11.6 Å². The number of amides is 1. The van der Waals surface area contributed by atoms with Crippen molar-refractivity contribution in [2.75, 3.05) is 5.32 Å². The highest BCUT2D eigenvalue weighted by molar-refractivity contribution is 9.10. The number of hydrogen-bond donors (Lipinski definition) is 2. The predicted molar refractivity (Wildman–Crippen MR) is 79.9 cm³/mol. The molecule has 98 valence electrons. The molecular weight excluding hydrogens is 330 g/mol. The summed E-state index contributed by atoms with van der Waals surface area (Å²) in [5, 5.41) is 12.4. The molecule has 0 aromatic heterocycles. The van der Waals surface area contributed by atoms with E-state index in [-0.39, 0.29) is 17.2 Å². The standard InChI is InChI=1S/C14H11BrClNO2/c1-8-2-3-9(6-12(8)15)17-14(19)11-7-10(18)4-5-13(11)16/h2-7,18H,1H3,(H,17,19). The van der Waals surface area contributed by atoms with Crippen LogP contribution in [0.5, 0.6) is 5.75 Å². The second-order valence-electron chi connectivity index (χ2n) is 4.08. The third-order valence-electron chi connectivity index (χ3n) is 2.62. The highest BCUT2D eigenvalue weighted by Crippen LogP contribution is 2.24. The van der Waals surface area contributed by atoms with Crippen molar-refractivity contribution in [3.05, 3.63) is 57.0 Å². The molecular formula is C14H11BrClNO2. The Morgan fingerprint density at radius 1 is 1.26 bits per heavy atom. The maximum absolute atomic E-state index is 12.1.